The summed E-state index contributed by atoms with van der Waals surface area (Å²) in [4.78, 5) is 8.02. The maximum Gasteiger partial charge on any atom is 0.237 e. The zero-order valence-corrected chi connectivity index (χ0v) is 7.44. The van der Waals surface area contributed by atoms with E-state index in [1.54, 1.807) is 26.4 Å². The summed E-state index contributed by atoms with van der Waals surface area (Å²) in [6, 6.07) is 0. The highest BCUT2D eigenvalue weighted by Gasteiger charge is 2.05. The van der Waals surface area contributed by atoms with E-state index in [4.69, 9.17) is 9.47 Å². The van der Waals surface area contributed by atoms with Gasteiger partial charge in [0.2, 0.25) is 5.88 Å². The van der Waals surface area contributed by atoms with Crippen molar-refractivity contribution in [3.8, 4) is 5.88 Å². The second-order valence-corrected chi connectivity index (χ2v) is 2.37. The highest BCUT2D eigenvalue weighted by molar-refractivity contribution is 5.14. The lowest BCUT2D eigenvalue weighted by Gasteiger charge is -2.12. The van der Waals surface area contributed by atoms with Crippen molar-refractivity contribution in [3.05, 3.63) is 18.1 Å². The van der Waals surface area contributed by atoms with Crippen LogP contribution in [0.5, 0.6) is 5.88 Å². The summed E-state index contributed by atoms with van der Waals surface area (Å²) >= 11 is 0. The van der Waals surface area contributed by atoms with Crippen LogP contribution in [0.25, 0.3) is 0 Å². The van der Waals surface area contributed by atoms with Crippen LogP contribution in [-0.2, 0) is 4.74 Å². The molecule has 0 aliphatic rings. The van der Waals surface area contributed by atoms with Crippen LogP contribution in [0.4, 0.5) is 0 Å². The van der Waals surface area contributed by atoms with E-state index in [-0.39, 0.29) is 6.29 Å². The number of nitrogens with zero attached hydrogens (tertiary/aromatic N) is 2. The van der Waals surface area contributed by atoms with Crippen molar-refractivity contribution in [1.82, 2.24) is 9.97 Å². The first-order valence-corrected chi connectivity index (χ1v) is 3.71. The van der Waals surface area contributed by atoms with Gasteiger partial charge in [-0.05, 0) is 13.8 Å². The zero-order valence-electron chi connectivity index (χ0n) is 7.44. The molecule has 0 bridgehead atoms. The molecule has 1 aromatic heterocycles. The Morgan fingerprint density at radius 2 is 2.00 bits per heavy atom. The van der Waals surface area contributed by atoms with Crippen LogP contribution in [0, 0.1) is 6.92 Å². The van der Waals surface area contributed by atoms with E-state index in [2.05, 4.69) is 9.97 Å². The monoisotopic (exact) mass is 168 g/mol. The lowest BCUT2D eigenvalue weighted by atomic mass is 10.5. The van der Waals surface area contributed by atoms with Crippen LogP contribution < -0.4 is 4.74 Å². The summed E-state index contributed by atoms with van der Waals surface area (Å²) in [6.07, 6.45) is 2.92. The van der Waals surface area contributed by atoms with Crippen LogP contribution in [0.1, 0.15) is 12.6 Å². The standard InChI is InChI=1S/C8H12N2O2/c1-6-8(10-5-4-9-6)12-7(2)11-3/h4-5,7H,1-3H3. The molecule has 12 heavy (non-hydrogen) atoms. The summed E-state index contributed by atoms with van der Waals surface area (Å²) < 4.78 is 10.2. The van der Waals surface area contributed by atoms with Crippen molar-refractivity contribution in [2.45, 2.75) is 20.1 Å². The first-order valence-electron chi connectivity index (χ1n) is 3.71. The van der Waals surface area contributed by atoms with Gasteiger partial charge in [0, 0.05) is 19.5 Å². The first kappa shape index (κ1) is 8.93. The van der Waals surface area contributed by atoms with Gasteiger partial charge in [-0.25, -0.2) is 4.98 Å². The van der Waals surface area contributed by atoms with E-state index in [1.807, 2.05) is 6.92 Å². The Balaban J connectivity index is 2.69. The normalized spacial score (nSPS) is 12.6. The number of ether oxygens (including phenoxy) is 2. The summed E-state index contributed by atoms with van der Waals surface area (Å²) in [6.45, 7) is 3.64. The summed E-state index contributed by atoms with van der Waals surface area (Å²) in [7, 11) is 1.58. The van der Waals surface area contributed by atoms with E-state index in [0.717, 1.165) is 5.69 Å². The van der Waals surface area contributed by atoms with Gasteiger partial charge in [-0.1, -0.05) is 0 Å². The molecule has 1 unspecified atom stereocenters. The van der Waals surface area contributed by atoms with Crippen LogP contribution in [0.2, 0.25) is 0 Å². The summed E-state index contributed by atoms with van der Waals surface area (Å²) in [5.41, 5.74) is 0.765. The van der Waals surface area contributed by atoms with Gasteiger partial charge in [-0.15, -0.1) is 0 Å². The Hall–Kier alpha value is -1.16. The predicted molar refractivity (Wildman–Crippen MR) is 43.9 cm³/mol. The van der Waals surface area contributed by atoms with E-state index >= 15 is 0 Å². The molecule has 1 heterocycles. The molecule has 0 N–H and O–H groups in total. The third-order valence-electron chi connectivity index (χ3n) is 1.45. The zero-order chi connectivity index (χ0) is 8.97. The maximum atomic E-state index is 5.30. The van der Waals surface area contributed by atoms with Crippen molar-refractivity contribution in [2.75, 3.05) is 7.11 Å². The van der Waals surface area contributed by atoms with Crippen LogP contribution in [0.3, 0.4) is 0 Å². The molecule has 0 radical (unpaired) electrons. The third-order valence-corrected chi connectivity index (χ3v) is 1.45. The molecule has 4 heteroatoms. The number of methoxy groups -OCH3 is 1. The minimum Gasteiger partial charge on any atom is -0.447 e. The summed E-state index contributed by atoms with van der Waals surface area (Å²) in [5.74, 6) is 0.520. The van der Waals surface area contributed by atoms with Crippen LogP contribution in [0.15, 0.2) is 12.4 Å². The molecule has 0 aliphatic carbocycles. The average molecular weight is 168 g/mol. The average Bonchev–Trinajstić information content (AvgIpc) is 2.09. The minimum atomic E-state index is -0.291. The maximum absolute atomic E-state index is 5.30. The lowest BCUT2D eigenvalue weighted by Crippen LogP contribution is -2.15. The van der Waals surface area contributed by atoms with Crippen molar-refractivity contribution in [2.24, 2.45) is 0 Å². The number of hydrogen-bond donors (Lipinski definition) is 0. The van der Waals surface area contributed by atoms with Gasteiger partial charge in [-0.3, -0.25) is 4.98 Å². The topological polar surface area (TPSA) is 44.2 Å². The molecule has 4 nitrogen and oxygen atoms in total. The molecule has 0 aliphatic heterocycles. The molecule has 66 valence electrons. The number of aryl methyl sites for hydroxylation is 1. The van der Waals surface area contributed by atoms with Crippen LogP contribution >= 0.6 is 0 Å². The largest absolute Gasteiger partial charge is 0.447 e. The van der Waals surface area contributed by atoms with Crippen LogP contribution in [-0.4, -0.2) is 23.4 Å². The fraction of sp³-hybridized carbons (Fsp3) is 0.500. The SMILES string of the molecule is COC(C)Oc1nccnc1C. The second-order valence-electron chi connectivity index (χ2n) is 2.37. The first-order chi connectivity index (χ1) is 5.74. The Labute approximate surface area is 71.6 Å². The molecular weight excluding hydrogens is 156 g/mol. The molecule has 0 amide bonds. The van der Waals surface area contributed by atoms with Gasteiger partial charge >= 0.3 is 0 Å². The second kappa shape index (κ2) is 4.01. The van der Waals surface area contributed by atoms with Gasteiger partial charge in [-0.2, -0.15) is 0 Å². The van der Waals surface area contributed by atoms with Crippen molar-refractivity contribution >= 4 is 0 Å². The Kier molecular flexibility index (Phi) is 2.99. The van der Waals surface area contributed by atoms with Gasteiger partial charge in [0.15, 0.2) is 6.29 Å². The fourth-order valence-electron chi connectivity index (χ4n) is 0.716. The quantitative estimate of drug-likeness (QED) is 0.635. The molecule has 0 saturated carbocycles. The van der Waals surface area contributed by atoms with E-state index in [9.17, 15) is 0 Å². The molecule has 1 aromatic rings. The predicted octanol–water partition coefficient (Wildman–Crippen LogP) is 1.16. The van der Waals surface area contributed by atoms with Gasteiger partial charge in [0.25, 0.3) is 0 Å². The van der Waals surface area contributed by atoms with E-state index in [0.29, 0.717) is 5.88 Å². The Morgan fingerprint density at radius 1 is 1.33 bits per heavy atom. The van der Waals surface area contributed by atoms with Crippen molar-refractivity contribution in [1.29, 1.82) is 0 Å². The summed E-state index contributed by atoms with van der Waals surface area (Å²) in [5, 5.41) is 0. The molecular formula is C8H12N2O2. The molecule has 0 fully saturated rings. The number of rotatable bonds is 3. The van der Waals surface area contributed by atoms with E-state index in [1.165, 1.54) is 0 Å². The molecule has 1 rings (SSSR count). The lowest BCUT2D eigenvalue weighted by molar-refractivity contribution is -0.0416. The van der Waals surface area contributed by atoms with Gasteiger partial charge in [0.05, 0.1) is 5.69 Å². The minimum absolute atomic E-state index is 0.291. The Bertz CT molecular complexity index is 253. The fourth-order valence-corrected chi connectivity index (χ4v) is 0.716. The molecule has 0 spiro atoms. The highest BCUT2D eigenvalue weighted by atomic mass is 16.7. The highest BCUT2D eigenvalue weighted by Crippen LogP contribution is 2.11. The van der Waals surface area contributed by atoms with Gasteiger partial charge < -0.3 is 9.47 Å². The van der Waals surface area contributed by atoms with Gasteiger partial charge in [0.1, 0.15) is 0 Å². The molecule has 0 saturated heterocycles. The molecule has 1 atom stereocenters. The smallest absolute Gasteiger partial charge is 0.237 e. The van der Waals surface area contributed by atoms with E-state index < -0.39 is 0 Å². The third kappa shape index (κ3) is 2.17. The van der Waals surface area contributed by atoms with Crippen molar-refractivity contribution < 1.29 is 9.47 Å². The molecule has 0 aromatic carbocycles. The number of hydrogen-bond acceptors (Lipinski definition) is 4. The van der Waals surface area contributed by atoms with Crippen molar-refractivity contribution in [3.63, 3.8) is 0 Å². The Morgan fingerprint density at radius 3 is 2.58 bits per heavy atom. The number of aromatic nitrogens is 2.